The van der Waals surface area contributed by atoms with E-state index in [0.29, 0.717) is 6.61 Å². The number of rotatable bonds is 1. The van der Waals surface area contributed by atoms with Crippen molar-refractivity contribution in [2.45, 2.75) is 0 Å². The van der Waals surface area contributed by atoms with Gasteiger partial charge in [0, 0.05) is 0 Å². The zero-order chi connectivity index (χ0) is 3.41. The van der Waals surface area contributed by atoms with E-state index >= 15 is 0 Å². The Labute approximate surface area is 24.7 Å². The molecule has 0 saturated carbocycles. The Morgan fingerprint density at radius 1 is 1.60 bits per heavy atom. The first-order valence-corrected chi connectivity index (χ1v) is 0.983. The number of hydrogen-bond acceptors (Lipinski definition) is 2. The van der Waals surface area contributed by atoms with E-state index in [1.54, 1.807) is 0 Å². The Bertz CT molecular complexity index is 9.61. The van der Waals surface area contributed by atoms with Crippen molar-refractivity contribution in [3.63, 3.8) is 0 Å². The van der Waals surface area contributed by atoms with Crippen LogP contribution in [-0.4, -0.2) is 16.8 Å². The summed E-state index contributed by atoms with van der Waals surface area (Å²) in [5.74, 6) is 0. The van der Waals surface area contributed by atoms with Crippen LogP contribution >= 0.6 is 0 Å². The first kappa shape index (κ1) is 9.07. The van der Waals surface area contributed by atoms with Gasteiger partial charge in [0.1, 0.15) is 0 Å². The summed E-state index contributed by atoms with van der Waals surface area (Å²) in [5.41, 5.74) is 0. The van der Waals surface area contributed by atoms with E-state index < -0.39 is 0 Å². The van der Waals surface area contributed by atoms with Crippen LogP contribution in [0, 0.1) is 6.61 Å². The van der Waals surface area contributed by atoms with Crippen LogP contribution in [0.3, 0.4) is 0 Å². The molecule has 0 fully saturated rings. The van der Waals surface area contributed by atoms with Crippen LogP contribution in [0.15, 0.2) is 0 Å². The molecule has 2 N–H and O–H groups in total. The summed E-state index contributed by atoms with van der Waals surface area (Å²) in [6.07, 6.45) is 0. The number of aliphatic hydroxyl groups excluding tert-OH is 2. The van der Waals surface area contributed by atoms with Gasteiger partial charge in [-0.3, -0.25) is 0 Å². The van der Waals surface area contributed by atoms with E-state index in [1.165, 1.54) is 0 Å². The van der Waals surface area contributed by atoms with Crippen molar-refractivity contribution < 1.29 is 10.2 Å². The van der Waals surface area contributed by atoms with Crippen molar-refractivity contribution in [1.82, 2.24) is 0 Å². The van der Waals surface area contributed by atoms with Crippen LogP contribution in [0.5, 0.6) is 0 Å². The van der Waals surface area contributed by atoms with Gasteiger partial charge < -0.3 is 10.2 Å². The van der Waals surface area contributed by atoms with Crippen LogP contribution in [-0.2, 0) is 0 Å². The third kappa shape index (κ3) is 386. The van der Waals surface area contributed by atoms with Gasteiger partial charge in [0.15, 0.2) is 0 Å². The van der Waals surface area contributed by atoms with Crippen molar-refractivity contribution in [3.8, 4) is 0 Å². The molecule has 0 aliphatic rings. The summed E-state index contributed by atoms with van der Waals surface area (Å²) in [6.45, 7) is 0.431. The zero-order valence-electron chi connectivity index (χ0n) is 2.89. The first-order valence-electron chi connectivity index (χ1n) is 0.983. The molecule has 2 nitrogen and oxygen atoms in total. The summed E-state index contributed by atoms with van der Waals surface area (Å²) in [6, 6.07) is 0. The zero-order valence-corrected chi connectivity index (χ0v) is 9.29. The van der Waals surface area contributed by atoms with Crippen LogP contribution in [0.25, 0.3) is 0 Å². The predicted molar refractivity (Wildman–Crippen MR) is 13.3 cm³/mol. The topological polar surface area (TPSA) is 40.5 Å². The second-order valence-corrected chi connectivity index (χ2v) is 0.365. The van der Waals surface area contributed by atoms with Gasteiger partial charge in [0.05, 0.1) is 0 Å². The van der Waals surface area contributed by atoms with Gasteiger partial charge in [0.25, 0.3) is 0 Å². The molecular formula is C2H5O2Rf-. The van der Waals surface area contributed by atoms with Gasteiger partial charge in [-0.1, -0.05) is 6.61 Å². The van der Waals surface area contributed by atoms with Crippen molar-refractivity contribution in [1.29, 1.82) is 0 Å². The quantitative estimate of drug-likeness (QED) is 0.638. The van der Waals surface area contributed by atoms with E-state index in [0.717, 1.165) is 0 Å². The monoisotopic (exact) mass is 328 g/mol. The average Bonchev–Trinajstić information content (AvgIpc) is 1.37. The van der Waals surface area contributed by atoms with Crippen molar-refractivity contribution in [3.05, 3.63) is 6.61 Å². The van der Waals surface area contributed by atoms with Gasteiger partial charge in [-0.2, -0.15) is 6.61 Å². The maximum atomic E-state index is 7.57. The van der Waals surface area contributed by atoms with E-state index in [4.69, 9.17) is 10.2 Å². The molecule has 0 bridgehead atoms. The minimum Gasteiger partial charge on any atom is -0.564 e. The fourth-order valence-corrected chi connectivity index (χ4v) is 0. The third-order valence-electron chi connectivity index (χ3n) is 0.0816. The summed E-state index contributed by atoms with van der Waals surface area (Å²) >= 11 is 0. The van der Waals surface area contributed by atoms with E-state index in [1.807, 2.05) is 0 Å². The molecule has 0 aromatic carbocycles. The normalized spacial score (nSPS) is 6.00. The summed E-state index contributed by atoms with van der Waals surface area (Å²) in [5, 5.41) is 15.1. The molecule has 0 aromatic heterocycles. The average molecular weight is 328 g/mol. The maximum Gasteiger partial charge on any atom is 0 e. The molecule has 0 unspecified atom stereocenters. The van der Waals surface area contributed by atoms with Gasteiger partial charge in [-0.05, 0) is 0 Å². The van der Waals surface area contributed by atoms with Crippen LogP contribution in [0.4, 0.5) is 0 Å². The molecule has 0 amide bonds. The Hall–Kier alpha value is -1.08. The Balaban J connectivity index is 0. The molecule has 0 spiro atoms. The molecule has 0 aliphatic carbocycles. The Kier molecular flexibility index (Phi) is 23.1. The predicted octanol–water partition coefficient (Wildman–Crippen LogP) is -0.487. The van der Waals surface area contributed by atoms with E-state index in [9.17, 15) is 0 Å². The molecule has 3 heteroatoms. The van der Waals surface area contributed by atoms with Crippen LogP contribution in [0.1, 0.15) is 0 Å². The van der Waals surface area contributed by atoms with Gasteiger partial charge in [-0.15, -0.1) is 0 Å². The Morgan fingerprint density at radius 2 is 1.80 bits per heavy atom. The second-order valence-electron chi connectivity index (χ2n) is 0.365. The minimum atomic E-state index is -0.250. The molecular weight excluding hydrogens is 323 g/mol. The fraction of sp³-hybridized carbons (Fsp3) is 0.500. The van der Waals surface area contributed by atoms with Gasteiger partial charge in [-0.25, -0.2) is 0 Å². The molecule has 0 radical (unpaired) electrons. The molecule has 0 heterocycles. The Morgan fingerprint density at radius 3 is 1.80 bits per heavy atom. The molecule has 0 aliphatic heterocycles. The molecule has 5 heavy (non-hydrogen) atoms. The van der Waals surface area contributed by atoms with Crippen LogP contribution < -0.4 is 0 Å². The number of aliphatic hydroxyl groups is 2. The van der Waals surface area contributed by atoms with Crippen LogP contribution in [0.2, 0.25) is 0 Å². The third-order valence-corrected chi connectivity index (χ3v) is 0.0816. The second kappa shape index (κ2) is 12.7. The van der Waals surface area contributed by atoms with Crippen molar-refractivity contribution >= 4 is 0 Å². The number of hydrogen-bond donors (Lipinski definition) is 2. The standard InChI is InChI=1S/C2H5O2.Rf/c3-1-2-4;/h1,3-4H,2H2;/q-1;. The summed E-state index contributed by atoms with van der Waals surface area (Å²) in [7, 11) is 0. The summed E-state index contributed by atoms with van der Waals surface area (Å²) < 4.78 is 0. The van der Waals surface area contributed by atoms with E-state index in [2.05, 4.69) is 0 Å². The SMILES string of the molecule is O[CH-]CO.[Rf]. The molecule has 0 atom stereocenters. The smallest absolute Gasteiger partial charge is 0 e. The van der Waals surface area contributed by atoms with Crippen molar-refractivity contribution in [2.24, 2.45) is 0 Å². The maximum absolute atomic E-state index is 7.57. The van der Waals surface area contributed by atoms with E-state index in [-0.39, 0.29) is 6.61 Å². The minimum absolute atomic E-state index is 0. The molecule has 0 rings (SSSR count). The fourth-order valence-electron chi connectivity index (χ4n) is 0. The largest absolute Gasteiger partial charge is 0.564 e. The molecule has 28 valence electrons. The molecule has 0 saturated heterocycles. The molecule has 0 aromatic rings. The first-order chi connectivity index (χ1) is 1.91. The van der Waals surface area contributed by atoms with Crippen molar-refractivity contribution in [2.75, 3.05) is 6.61 Å². The van der Waals surface area contributed by atoms with Gasteiger partial charge >= 0.3 is 0 Å². The summed E-state index contributed by atoms with van der Waals surface area (Å²) in [4.78, 5) is 0. The van der Waals surface area contributed by atoms with Gasteiger partial charge in [0.2, 0.25) is 0 Å².